The molecule has 0 saturated carbocycles. The highest BCUT2D eigenvalue weighted by atomic mass is 14.3. The number of fused-ring (bicyclic) bond motifs is 3. The second kappa shape index (κ2) is 10.0. The number of aryl methyl sites for hydroxylation is 2. The zero-order valence-corrected chi connectivity index (χ0v) is 18.7. The molecule has 0 N–H and O–H groups in total. The summed E-state index contributed by atoms with van der Waals surface area (Å²) in [6, 6.07) is 39.9. The van der Waals surface area contributed by atoms with Gasteiger partial charge in [0, 0.05) is 5.92 Å². The highest BCUT2D eigenvalue weighted by Crippen LogP contribution is 2.47. The van der Waals surface area contributed by atoms with Crippen LogP contribution in [0.4, 0.5) is 0 Å². The molecule has 0 unspecified atom stereocenters. The van der Waals surface area contributed by atoms with Gasteiger partial charge in [0.2, 0.25) is 0 Å². The number of rotatable bonds is 9. The summed E-state index contributed by atoms with van der Waals surface area (Å²) in [6.07, 6.45) is 7.06. The van der Waals surface area contributed by atoms with E-state index in [4.69, 9.17) is 0 Å². The number of hydrogen-bond acceptors (Lipinski definition) is 0. The predicted octanol–water partition coefficient (Wildman–Crippen LogP) is 8.42. The van der Waals surface area contributed by atoms with Gasteiger partial charge in [-0.2, -0.15) is 0 Å². The molecule has 1 aliphatic rings. The van der Waals surface area contributed by atoms with Crippen molar-refractivity contribution in [1.82, 2.24) is 0 Å². The van der Waals surface area contributed by atoms with Crippen molar-refractivity contribution in [3.8, 4) is 11.1 Å². The van der Waals surface area contributed by atoms with Gasteiger partial charge >= 0.3 is 0 Å². The summed E-state index contributed by atoms with van der Waals surface area (Å²) in [5.74, 6) is 2.23. The lowest BCUT2D eigenvalue weighted by Gasteiger charge is -2.20. The molecule has 0 heteroatoms. The van der Waals surface area contributed by atoms with E-state index in [0.717, 1.165) is 12.8 Å². The quantitative estimate of drug-likeness (QED) is 0.257. The molecular formula is C32H31. The van der Waals surface area contributed by atoms with Crippen LogP contribution in [0.3, 0.4) is 0 Å². The molecule has 4 aromatic rings. The Morgan fingerprint density at radius 2 is 0.906 bits per heavy atom. The van der Waals surface area contributed by atoms with Crippen LogP contribution < -0.4 is 0 Å². The smallest absolute Gasteiger partial charge is 0.0102 e. The lowest BCUT2D eigenvalue weighted by atomic mass is 9.84. The SMILES string of the molecule is c1ccc(CC[C](CCc2ccccc2)CCC2c3ccccc3-c3ccccc32)cc1. The minimum absolute atomic E-state index is 0.519. The van der Waals surface area contributed by atoms with Gasteiger partial charge in [0.25, 0.3) is 0 Å². The van der Waals surface area contributed by atoms with Gasteiger partial charge in [-0.3, -0.25) is 0 Å². The highest BCUT2D eigenvalue weighted by Gasteiger charge is 2.28. The molecule has 32 heavy (non-hydrogen) atoms. The maximum absolute atomic E-state index is 2.34. The van der Waals surface area contributed by atoms with E-state index in [1.165, 1.54) is 59.1 Å². The minimum Gasteiger partial charge on any atom is -0.0622 e. The molecule has 5 rings (SSSR count). The van der Waals surface area contributed by atoms with Crippen molar-refractivity contribution >= 4 is 0 Å². The monoisotopic (exact) mass is 415 g/mol. The number of hydrogen-bond donors (Lipinski definition) is 0. The van der Waals surface area contributed by atoms with E-state index in [1.807, 2.05) is 0 Å². The lowest BCUT2D eigenvalue weighted by molar-refractivity contribution is 0.593. The van der Waals surface area contributed by atoms with Gasteiger partial charge in [-0.1, -0.05) is 109 Å². The van der Waals surface area contributed by atoms with Crippen molar-refractivity contribution in [1.29, 1.82) is 0 Å². The number of benzene rings is 4. The van der Waals surface area contributed by atoms with E-state index in [9.17, 15) is 0 Å². The summed E-state index contributed by atoms with van der Waals surface area (Å²) in [4.78, 5) is 0. The van der Waals surface area contributed by atoms with Crippen LogP contribution >= 0.6 is 0 Å². The molecule has 0 saturated heterocycles. The van der Waals surface area contributed by atoms with Crippen LogP contribution in [0.25, 0.3) is 11.1 Å². The summed E-state index contributed by atoms with van der Waals surface area (Å²) in [6.45, 7) is 0. The van der Waals surface area contributed by atoms with E-state index in [2.05, 4.69) is 109 Å². The fourth-order valence-corrected chi connectivity index (χ4v) is 5.23. The van der Waals surface area contributed by atoms with Gasteiger partial charge in [0.05, 0.1) is 0 Å². The normalized spacial score (nSPS) is 12.7. The van der Waals surface area contributed by atoms with E-state index in [0.29, 0.717) is 5.92 Å². The molecule has 0 atom stereocenters. The van der Waals surface area contributed by atoms with Crippen molar-refractivity contribution in [2.24, 2.45) is 0 Å². The van der Waals surface area contributed by atoms with Gasteiger partial charge < -0.3 is 0 Å². The zero-order valence-electron chi connectivity index (χ0n) is 18.7. The van der Waals surface area contributed by atoms with Crippen LogP contribution in [-0.4, -0.2) is 0 Å². The zero-order chi connectivity index (χ0) is 21.6. The average Bonchev–Trinajstić information content (AvgIpc) is 3.18. The summed E-state index contributed by atoms with van der Waals surface area (Å²) in [5, 5.41) is 0. The van der Waals surface area contributed by atoms with Crippen molar-refractivity contribution in [2.75, 3.05) is 0 Å². The van der Waals surface area contributed by atoms with Crippen LogP contribution in [0.15, 0.2) is 109 Å². The molecule has 0 aromatic heterocycles. The predicted molar refractivity (Wildman–Crippen MR) is 136 cm³/mol. The summed E-state index contributed by atoms with van der Waals surface area (Å²) >= 11 is 0. The third kappa shape index (κ3) is 4.70. The first kappa shape index (κ1) is 20.8. The Bertz CT molecular complexity index is 1040. The van der Waals surface area contributed by atoms with Crippen LogP contribution in [0.5, 0.6) is 0 Å². The van der Waals surface area contributed by atoms with Gasteiger partial charge in [-0.05, 0) is 77.8 Å². The van der Waals surface area contributed by atoms with Crippen LogP contribution in [0.2, 0.25) is 0 Å². The molecule has 0 nitrogen and oxygen atoms in total. The minimum atomic E-state index is 0.519. The Hall–Kier alpha value is -3.12. The molecule has 1 aliphatic carbocycles. The van der Waals surface area contributed by atoms with E-state index in [-0.39, 0.29) is 0 Å². The molecular weight excluding hydrogens is 384 g/mol. The van der Waals surface area contributed by atoms with Gasteiger partial charge in [-0.25, -0.2) is 0 Å². The van der Waals surface area contributed by atoms with Crippen LogP contribution in [0, 0.1) is 5.92 Å². The van der Waals surface area contributed by atoms with Crippen molar-refractivity contribution in [2.45, 2.75) is 44.4 Å². The first-order valence-electron chi connectivity index (χ1n) is 12.0. The van der Waals surface area contributed by atoms with Gasteiger partial charge in [0.15, 0.2) is 0 Å². The third-order valence-electron chi connectivity index (χ3n) is 6.97. The van der Waals surface area contributed by atoms with E-state index in [1.54, 1.807) is 5.92 Å². The maximum Gasteiger partial charge on any atom is 0.0102 e. The Morgan fingerprint density at radius 3 is 1.41 bits per heavy atom. The van der Waals surface area contributed by atoms with E-state index < -0.39 is 0 Å². The Balaban J connectivity index is 1.30. The molecule has 159 valence electrons. The first-order chi connectivity index (χ1) is 15.9. The first-order valence-corrected chi connectivity index (χ1v) is 12.0. The van der Waals surface area contributed by atoms with Crippen molar-refractivity contribution in [3.63, 3.8) is 0 Å². The van der Waals surface area contributed by atoms with Crippen LogP contribution in [0.1, 0.15) is 53.9 Å². The van der Waals surface area contributed by atoms with Gasteiger partial charge in [-0.15, -0.1) is 0 Å². The molecule has 1 radical (unpaired) electrons. The lowest BCUT2D eigenvalue weighted by Crippen LogP contribution is -2.06. The molecule has 4 aromatic carbocycles. The molecule has 0 spiro atoms. The largest absolute Gasteiger partial charge is 0.0622 e. The maximum atomic E-state index is 2.34. The van der Waals surface area contributed by atoms with Crippen molar-refractivity contribution in [3.05, 3.63) is 137 Å². The second-order valence-corrected chi connectivity index (χ2v) is 8.99. The Kier molecular flexibility index (Phi) is 6.49. The summed E-state index contributed by atoms with van der Waals surface area (Å²) in [7, 11) is 0. The Morgan fingerprint density at radius 1 is 0.469 bits per heavy atom. The van der Waals surface area contributed by atoms with Crippen molar-refractivity contribution < 1.29 is 0 Å². The Labute approximate surface area is 193 Å². The standard InChI is InChI=1S/C32H31/c1-3-11-25(12-4-1)19-21-27(22-20-26-13-5-2-6-14-26)23-24-32-30-17-9-7-15-28(30)29-16-8-10-18-31(29)32/h1-18,32H,19-24H2. The highest BCUT2D eigenvalue weighted by molar-refractivity contribution is 5.78. The fourth-order valence-electron chi connectivity index (χ4n) is 5.23. The molecule has 0 amide bonds. The molecule has 0 aliphatic heterocycles. The molecule has 0 fully saturated rings. The average molecular weight is 416 g/mol. The molecule has 0 bridgehead atoms. The summed E-state index contributed by atoms with van der Waals surface area (Å²) in [5.41, 5.74) is 8.78. The van der Waals surface area contributed by atoms with E-state index >= 15 is 0 Å². The summed E-state index contributed by atoms with van der Waals surface area (Å²) < 4.78 is 0. The van der Waals surface area contributed by atoms with Gasteiger partial charge in [0.1, 0.15) is 0 Å². The third-order valence-corrected chi connectivity index (χ3v) is 6.97. The second-order valence-electron chi connectivity index (χ2n) is 8.99. The fraction of sp³-hybridized carbons (Fsp3) is 0.219. The topological polar surface area (TPSA) is 0 Å². The molecule has 0 heterocycles. The van der Waals surface area contributed by atoms with Crippen LogP contribution in [-0.2, 0) is 12.8 Å².